The van der Waals surface area contributed by atoms with Crippen LogP contribution in [0.15, 0.2) is 28.9 Å². The number of hydrogen-bond donors (Lipinski definition) is 0. The van der Waals surface area contributed by atoms with Crippen LogP contribution in [-0.4, -0.2) is 25.0 Å². The molecule has 0 saturated heterocycles. The maximum absolute atomic E-state index is 5.73. The monoisotopic (exact) mass is 255 g/mol. The molecule has 0 atom stereocenters. The zero-order valence-corrected chi connectivity index (χ0v) is 11.0. The van der Waals surface area contributed by atoms with Crippen LogP contribution in [0.4, 0.5) is 0 Å². The van der Waals surface area contributed by atoms with Gasteiger partial charge >= 0.3 is 0 Å². The van der Waals surface area contributed by atoms with Gasteiger partial charge in [-0.1, -0.05) is 0 Å². The quantitative estimate of drug-likeness (QED) is 0.701. The molecule has 0 bridgehead atoms. The Kier molecular flexibility index (Phi) is 2.63. The van der Waals surface area contributed by atoms with Crippen LogP contribution in [0, 0.1) is 13.8 Å². The Bertz CT molecular complexity index is 714. The average molecular weight is 255 g/mol. The van der Waals surface area contributed by atoms with Gasteiger partial charge < -0.3 is 4.42 Å². The Morgan fingerprint density at radius 1 is 1.05 bits per heavy atom. The van der Waals surface area contributed by atoms with Crippen LogP contribution in [0.25, 0.3) is 22.9 Å². The lowest BCUT2D eigenvalue weighted by atomic mass is 10.2. The maximum atomic E-state index is 5.73. The summed E-state index contributed by atoms with van der Waals surface area (Å²) in [6.07, 6.45) is 3.39. The van der Waals surface area contributed by atoms with Gasteiger partial charge in [-0.2, -0.15) is 5.10 Å². The fourth-order valence-corrected chi connectivity index (χ4v) is 2.02. The summed E-state index contributed by atoms with van der Waals surface area (Å²) in [5.41, 5.74) is 3.63. The molecule has 0 unspecified atom stereocenters. The fraction of sp³-hybridized carbons (Fsp3) is 0.231. The second kappa shape index (κ2) is 4.31. The van der Waals surface area contributed by atoms with Crippen molar-refractivity contribution in [3.63, 3.8) is 0 Å². The molecule has 0 N–H and O–H groups in total. The molecule has 3 rings (SSSR count). The summed E-state index contributed by atoms with van der Waals surface area (Å²) >= 11 is 0. The highest BCUT2D eigenvalue weighted by atomic mass is 16.4. The van der Waals surface area contributed by atoms with Crippen molar-refractivity contribution in [2.75, 3.05) is 0 Å². The van der Waals surface area contributed by atoms with Crippen LogP contribution in [-0.2, 0) is 7.05 Å². The van der Waals surface area contributed by atoms with Crippen molar-refractivity contribution in [1.82, 2.24) is 25.0 Å². The van der Waals surface area contributed by atoms with Crippen molar-refractivity contribution in [3.05, 3.63) is 35.9 Å². The summed E-state index contributed by atoms with van der Waals surface area (Å²) in [5.74, 6) is 0.981. The van der Waals surface area contributed by atoms with Gasteiger partial charge in [0.05, 0.1) is 11.3 Å². The van der Waals surface area contributed by atoms with Gasteiger partial charge in [-0.05, 0) is 26.0 Å². The van der Waals surface area contributed by atoms with Crippen LogP contribution in [0.5, 0.6) is 0 Å². The first-order chi connectivity index (χ1) is 9.16. The van der Waals surface area contributed by atoms with E-state index < -0.39 is 0 Å². The normalized spacial score (nSPS) is 10.9. The van der Waals surface area contributed by atoms with Crippen LogP contribution in [0.1, 0.15) is 11.4 Å². The lowest BCUT2D eigenvalue weighted by molar-refractivity contribution is 0.583. The van der Waals surface area contributed by atoms with E-state index in [1.165, 1.54) is 0 Å². The van der Waals surface area contributed by atoms with Gasteiger partial charge in [0.15, 0.2) is 0 Å². The summed E-state index contributed by atoms with van der Waals surface area (Å²) in [4.78, 5) is 3.96. The second-order valence-corrected chi connectivity index (χ2v) is 4.32. The van der Waals surface area contributed by atoms with Crippen molar-refractivity contribution in [3.8, 4) is 22.9 Å². The van der Waals surface area contributed by atoms with E-state index in [2.05, 4.69) is 20.3 Å². The second-order valence-electron chi connectivity index (χ2n) is 4.32. The minimum atomic E-state index is 0.486. The van der Waals surface area contributed by atoms with Crippen LogP contribution >= 0.6 is 0 Å². The molecule has 3 aromatic rings. The molecule has 6 heteroatoms. The minimum Gasteiger partial charge on any atom is -0.416 e. The molecule has 0 aromatic carbocycles. The third-order valence-electron chi connectivity index (χ3n) is 3.08. The predicted octanol–water partition coefficient (Wildman–Crippen LogP) is 2.15. The van der Waals surface area contributed by atoms with Crippen LogP contribution in [0.3, 0.4) is 0 Å². The predicted molar refractivity (Wildman–Crippen MR) is 69.2 cm³/mol. The molecular weight excluding hydrogens is 242 g/mol. The van der Waals surface area contributed by atoms with E-state index in [9.17, 15) is 0 Å². The molecule has 96 valence electrons. The molecule has 0 aliphatic carbocycles. The van der Waals surface area contributed by atoms with Crippen molar-refractivity contribution < 1.29 is 4.42 Å². The third-order valence-corrected chi connectivity index (χ3v) is 3.08. The van der Waals surface area contributed by atoms with Crippen molar-refractivity contribution in [2.24, 2.45) is 7.05 Å². The van der Waals surface area contributed by atoms with Crippen molar-refractivity contribution in [2.45, 2.75) is 13.8 Å². The molecule has 0 spiro atoms. The molecule has 0 radical (unpaired) electrons. The molecule has 3 aromatic heterocycles. The van der Waals surface area contributed by atoms with Gasteiger partial charge in [-0.15, -0.1) is 10.2 Å². The van der Waals surface area contributed by atoms with Gasteiger partial charge in [-0.25, -0.2) is 0 Å². The Labute approximate surface area is 110 Å². The Balaban J connectivity index is 2.07. The van der Waals surface area contributed by atoms with E-state index in [0.29, 0.717) is 11.8 Å². The molecule has 6 nitrogen and oxygen atoms in total. The van der Waals surface area contributed by atoms with E-state index in [1.54, 1.807) is 17.1 Å². The summed E-state index contributed by atoms with van der Waals surface area (Å²) in [7, 11) is 1.89. The number of aryl methyl sites for hydroxylation is 2. The van der Waals surface area contributed by atoms with Crippen molar-refractivity contribution in [1.29, 1.82) is 0 Å². The fourth-order valence-electron chi connectivity index (χ4n) is 2.02. The molecule has 19 heavy (non-hydrogen) atoms. The molecule has 0 aliphatic rings. The highest BCUT2D eigenvalue weighted by Crippen LogP contribution is 2.27. The lowest BCUT2D eigenvalue weighted by Crippen LogP contribution is -1.92. The van der Waals surface area contributed by atoms with E-state index in [0.717, 1.165) is 22.5 Å². The van der Waals surface area contributed by atoms with Gasteiger partial charge in [0, 0.05) is 30.7 Å². The van der Waals surface area contributed by atoms with Gasteiger partial charge in [0.1, 0.15) is 0 Å². The molecular formula is C13H13N5O. The molecule has 3 heterocycles. The average Bonchev–Trinajstić information content (AvgIpc) is 2.97. The lowest BCUT2D eigenvalue weighted by Gasteiger charge is -1.95. The molecule has 0 aliphatic heterocycles. The Hall–Kier alpha value is -2.50. The Morgan fingerprint density at radius 2 is 1.74 bits per heavy atom. The summed E-state index contributed by atoms with van der Waals surface area (Å²) in [5, 5.41) is 12.5. The highest BCUT2D eigenvalue weighted by Gasteiger charge is 2.18. The van der Waals surface area contributed by atoms with Crippen LogP contribution < -0.4 is 0 Å². The molecule has 0 saturated carbocycles. The Morgan fingerprint density at radius 3 is 2.37 bits per heavy atom. The number of rotatable bonds is 2. The third kappa shape index (κ3) is 1.91. The van der Waals surface area contributed by atoms with E-state index in [-0.39, 0.29) is 0 Å². The highest BCUT2D eigenvalue weighted by molar-refractivity contribution is 5.61. The summed E-state index contributed by atoms with van der Waals surface area (Å²) in [6, 6.07) is 3.67. The minimum absolute atomic E-state index is 0.486. The SMILES string of the molecule is Cc1nn(C)c(C)c1-c1nnc(-c2ccncc2)o1. The number of nitrogens with zero attached hydrogens (tertiary/aromatic N) is 5. The smallest absolute Gasteiger partial charge is 0.251 e. The van der Waals surface area contributed by atoms with E-state index in [4.69, 9.17) is 4.42 Å². The zero-order chi connectivity index (χ0) is 13.4. The molecule has 0 amide bonds. The molecule has 0 fully saturated rings. The first-order valence-corrected chi connectivity index (χ1v) is 5.91. The van der Waals surface area contributed by atoms with Gasteiger partial charge in [0.25, 0.3) is 5.89 Å². The van der Waals surface area contributed by atoms with Crippen LogP contribution in [0.2, 0.25) is 0 Å². The van der Waals surface area contributed by atoms with Gasteiger partial charge in [-0.3, -0.25) is 9.67 Å². The largest absolute Gasteiger partial charge is 0.416 e. The summed E-state index contributed by atoms with van der Waals surface area (Å²) < 4.78 is 7.53. The first kappa shape index (κ1) is 11.6. The maximum Gasteiger partial charge on any atom is 0.251 e. The standard InChI is InChI=1S/C13H13N5O/c1-8-11(9(2)18(3)17-8)13-16-15-12(19-13)10-4-6-14-7-5-10/h4-7H,1-3H3. The van der Waals surface area contributed by atoms with Crippen molar-refractivity contribution >= 4 is 0 Å². The zero-order valence-electron chi connectivity index (χ0n) is 11.0. The number of pyridine rings is 1. The number of hydrogen-bond acceptors (Lipinski definition) is 5. The van der Waals surface area contributed by atoms with Gasteiger partial charge in [0.2, 0.25) is 5.89 Å². The van der Waals surface area contributed by atoms with E-state index >= 15 is 0 Å². The summed E-state index contributed by atoms with van der Waals surface area (Å²) in [6.45, 7) is 3.91. The van der Waals surface area contributed by atoms with E-state index in [1.807, 2.05) is 33.0 Å². The topological polar surface area (TPSA) is 69.6 Å². The number of aromatic nitrogens is 5. The first-order valence-electron chi connectivity index (χ1n) is 5.91.